The highest BCUT2D eigenvalue weighted by Crippen LogP contribution is 2.38. The van der Waals surface area contributed by atoms with Gasteiger partial charge in [0.25, 0.3) is 0 Å². The lowest BCUT2D eigenvalue weighted by Crippen LogP contribution is -2.20. The van der Waals surface area contributed by atoms with Crippen LogP contribution in [-0.2, 0) is 0 Å². The summed E-state index contributed by atoms with van der Waals surface area (Å²) in [6, 6.07) is 0.882. The third kappa shape index (κ3) is 2.34. The molecule has 4 unspecified atom stereocenters. The van der Waals surface area contributed by atoms with Gasteiger partial charge in [0, 0.05) is 6.04 Å². The summed E-state index contributed by atoms with van der Waals surface area (Å²) in [5, 5.41) is 3.60. The zero-order chi connectivity index (χ0) is 7.14. The van der Waals surface area contributed by atoms with Crippen molar-refractivity contribution in [3.8, 4) is 0 Å². The molecule has 11 heavy (non-hydrogen) atoms. The Balaban J connectivity index is 0.000000605. The molecule has 2 fully saturated rings. The second-order valence-corrected chi connectivity index (χ2v) is 4.20. The second kappa shape index (κ2) is 3.32. The van der Waals surface area contributed by atoms with Crippen molar-refractivity contribution in [2.75, 3.05) is 6.54 Å². The Hall–Kier alpha value is 0.250. The van der Waals surface area contributed by atoms with Crippen molar-refractivity contribution in [1.29, 1.82) is 0 Å². The Kier molecular flexibility index (Phi) is 2.82. The lowest BCUT2D eigenvalue weighted by atomic mass is 10.3. The zero-order valence-corrected chi connectivity index (χ0v) is 8.16. The SMILES string of the molecule is CC1CC1CNC1CC1C.Cl. The van der Waals surface area contributed by atoms with Gasteiger partial charge in [-0.2, -0.15) is 0 Å². The minimum atomic E-state index is 0. The summed E-state index contributed by atoms with van der Waals surface area (Å²) in [7, 11) is 0. The maximum atomic E-state index is 3.60. The van der Waals surface area contributed by atoms with Gasteiger partial charge in [-0.15, -0.1) is 12.4 Å². The highest BCUT2D eigenvalue weighted by Gasteiger charge is 2.36. The number of hydrogen-bond donors (Lipinski definition) is 1. The van der Waals surface area contributed by atoms with Gasteiger partial charge in [0.05, 0.1) is 0 Å². The monoisotopic (exact) mass is 175 g/mol. The molecule has 0 aromatic rings. The van der Waals surface area contributed by atoms with E-state index in [1.54, 1.807) is 0 Å². The lowest BCUT2D eigenvalue weighted by molar-refractivity contribution is 0.590. The van der Waals surface area contributed by atoms with Gasteiger partial charge >= 0.3 is 0 Å². The van der Waals surface area contributed by atoms with E-state index in [2.05, 4.69) is 19.2 Å². The highest BCUT2D eigenvalue weighted by molar-refractivity contribution is 5.85. The molecule has 0 aromatic carbocycles. The number of hydrogen-bond acceptors (Lipinski definition) is 1. The van der Waals surface area contributed by atoms with E-state index in [0.29, 0.717) is 0 Å². The molecule has 1 N–H and O–H groups in total. The molecule has 2 rings (SSSR count). The molecule has 0 aliphatic heterocycles. The molecule has 2 aliphatic rings. The van der Waals surface area contributed by atoms with Crippen molar-refractivity contribution in [2.45, 2.75) is 32.7 Å². The van der Waals surface area contributed by atoms with Gasteiger partial charge < -0.3 is 5.32 Å². The molecule has 2 heteroatoms. The Morgan fingerprint density at radius 1 is 1.18 bits per heavy atom. The third-order valence-electron chi connectivity index (χ3n) is 3.03. The smallest absolute Gasteiger partial charge is 0.00965 e. The van der Waals surface area contributed by atoms with Crippen molar-refractivity contribution in [1.82, 2.24) is 5.32 Å². The van der Waals surface area contributed by atoms with E-state index in [9.17, 15) is 0 Å². The van der Waals surface area contributed by atoms with Crippen LogP contribution in [0.4, 0.5) is 0 Å². The average Bonchev–Trinajstić information content (AvgIpc) is 2.71. The van der Waals surface area contributed by atoms with Gasteiger partial charge in [-0.25, -0.2) is 0 Å². The first-order valence-corrected chi connectivity index (χ1v) is 4.50. The van der Waals surface area contributed by atoms with Gasteiger partial charge in [0.1, 0.15) is 0 Å². The molecule has 0 saturated heterocycles. The van der Waals surface area contributed by atoms with Gasteiger partial charge in [0.2, 0.25) is 0 Å². The maximum absolute atomic E-state index is 3.60. The van der Waals surface area contributed by atoms with E-state index in [0.717, 1.165) is 23.8 Å². The molecular weight excluding hydrogens is 158 g/mol. The topological polar surface area (TPSA) is 12.0 Å². The predicted octanol–water partition coefficient (Wildman–Crippen LogP) is 2.06. The van der Waals surface area contributed by atoms with Gasteiger partial charge in [-0.3, -0.25) is 0 Å². The Labute approximate surface area is 75.4 Å². The molecule has 2 saturated carbocycles. The molecule has 0 radical (unpaired) electrons. The van der Waals surface area contributed by atoms with Crippen LogP contribution < -0.4 is 5.32 Å². The summed E-state index contributed by atoms with van der Waals surface area (Å²) in [4.78, 5) is 0. The van der Waals surface area contributed by atoms with E-state index in [1.807, 2.05) is 0 Å². The average molecular weight is 176 g/mol. The van der Waals surface area contributed by atoms with Crippen LogP contribution in [0, 0.1) is 17.8 Å². The van der Waals surface area contributed by atoms with E-state index in [4.69, 9.17) is 0 Å². The van der Waals surface area contributed by atoms with Crippen molar-refractivity contribution >= 4 is 12.4 Å². The minimum Gasteiger partial charge on any atom is -0.313 e. The van der Waals surface area contributed by atoms with E-state index in [1.165, 1.54) is 19.4 Å². The molecule has 0 spiro atoms. The number of nitrogens with one attached hydrogen (secondary N) is 1. The molecule has 1 nitrogen and oxygen atoms in total. The quantitative estimate of drug-likeness (QED) is 0.693. The fourth-order valence-electron chi connectivity index (χ4n) is 1.59. The van der Waals surface area contributed by atoms with Gasteiger partial charge in [-0.1, -0.05) is 13.8 Å². The summed E-state index contributed by atoms with van der Waals surface area (Å²) in [6.07, 6.45) is 2.88. The van der Waals surface area contributed by atoms with Crippen LogP contribution in [0.5, 0.6) is 0 Å². The van der Waals surface area contributed by atoms with Gasteiger partial charge in [0.15, 0.2) is 0 Å². The van der Waals surface area contributed by atoms with Gasteiger partial charge in [-0.05, 0) is 37.1 Å². The zero-order valence-electron chi connectivity index (χ0n) is 7.34. The van der Waals surface area contributed by atoms with E-state index >= 15 is 0 Å². The fourth-order valence-corrected chi connectivity index (χ4v) is 1.59. The molecular formula is C9H18ClN. The molecule has 0 bridgehead atoms. The first-order chi connectivity index (χ1) is 4.77. The maximum Gasteiger partial charge on any atom is 0.00965 e. The van der Waals surface area contributed by atoms with Crippen molar-refractivity contribution < 1.29 is 0 Å². The van der Waals surface area contributed by atoms with Crippen molar-refractivity contribution in [3.63, 3.8) is 0 Å². The lowest BCUT2D eigenvalue weighted by Gasteiger charge is -1.99. The molecule has 0 amide bonds. The Bertz CT molecular complexity index is 122. The minimum absolute atomic E-state index is 0. The van der Waals surface area contributed by atoms with Crippen LogP contribution in [0.15, 0.2) is 0 Å². The largest absolute Gasteiger partial charge is 0.313 e. The van der Waals surface area contributed by atoms with Crippen molar-refractivity contribution in [3.05, 3.63) is 0 Å². The fraction of sp³-hybridized carbons (Fsp3) is 1.00. The molecule has 0 heterocycles. The second-order valence-electron chi connectivity index (χ2n) is 4.20. The summed E-state index contributed by atoms with van der Waals surface area (Å²) in [6.45, 7) is 5.97. The first kappa shape index (κ1) is 9.34. The van der Waals surface area contributed by atoms with E-state index in [-0.39, 0.29) is 12.4 Å². The van der Waals surface area contributed by atoms with Crippen LogP contribution >= 0.6 is 12.4 Å². The van der Waals surface area contributed by atoms with Crippen LogP contribution in [0.1, 0.15) is 26.7 Å². The van der Waals surface area contributed by atoms with Crippen LogP contribution in [0.25, 0.3) is 0 Å². The summed E-state index contributed by atoms with van der Waals surface area (Å²) >= 11 is 0. The molecule has 66 valence electrons. The number of halogens is 1. The Morgan fingerprint density at radius 3 is 2.09 bits per heavy atom. The highest BCUT2D eigenvalue weighted by atomic mass is 35.5. The first-order valence-electron chi connectivity index (χ1n) is 4.50. The standard InChI is InChI=1S/C9H17N.ClH/c1-6-3-8(6)5-10-9-4-7(9)2;/h6-10H,3-5H2,1-2H3;1H. The van der Waals surface area contributed by atoms with Crippen molar-refractivity contribution in [2.24, 2.45) is 17.8 Å². The molecule has 0 aromatic heterocycles. The summed E-state index contributed by atoms with van der Waals surface area (Å²) in [5.74, 6) is 3.00. The third-order valence-corrected chi connectivity index (χ3v) is 3.03. The normalized spacial score (nSPS) is 46.4. The Morgan fingerprint density at radius 2 is 1.73 bits per heavy atom. The van der Waals surface area contributed by atoms with Crippen LogP contribution in [0.3, 0.4) is 0 Å². The summed E-state index contributed by atoms with van der Waals surface area (Å²) < 4.78 is 0. The molecule has 2 aliphatic carbocycles. The molecule has 4 atom stereocenters. The van der Waals surface area contributed by atoms with Crippen LogP contribution in [-0.4, -0.2) is 12.6 Å². The predicted molar refractivity (Wildman–Crippen MR) is 50.1 cm³/mol. The van der Waals surface area contributed by atoms with E-state index < -0.39 is 0 Å². The number of rotatable bonds is 3. The summed E-state index contributed by atoms with van der Waals surface area (Å²) in [5.41, 5.74) is 0. The van der Waals surface area contributed by atoms with Crippen LogP contribution in [0.2, 0.25) is 0 Å².